The maximum Gasteiger partial charge on any atom is 0.251 e. The zero-order valence-electron chi connectivity index (χ0n) is 21.6. The number of hydrogen-bond donors (Lipinski definition) is 4. The van der Waals surface area contributed by atoms with Gasteiger partial charge in [-0.25, -0.2) is 4.39 Å². The first-order valence-electron chi connectivity index (χ1n) is 12.2. The SMILES string of the molecule is C[C@@H](O)[C@H](NC(=O)c1ccc(C#Cc2ccc(NC(=O)CN(C)Cc3ccccc3F)cc2)cc1)C(=O)CO. The maximum absolute atomic E-state index is 13.8. The van der Waals surface area contributed by atoms with Crippen molar-refractivity contribution in [2.45, 2.75) is 25.6 Å². The van der Waals surface area contributed by atoms with Gasteiger partial charge in [0.25, 0.3) is 5.91 Å². The molecule has 2 amide bonds. The average molecular weight is 532 g/mol. The van der Waals surface area contributed by atoms with Crippen molar-refractivity contribution in [3.63, 3.8) is 0 Å². The van der Waals surface area contributed by atoms with Crippen LogP contribution >= 0.6 is 0 Å². The Morgan fingerprint density at radius 3 is 2.10 bits per heavy atom. The molecule has 3 rings (SSSR count). The molecule has 2 atom stereocenters. The second-order valence-electron chi connectivity index (χ2n) is 9.03. The first-order valence-corrected chi connectivity index (χ1v) is 12.2. The van der Waals surface area contributed by atoms with Crippen molar-refractivity contribution >= 4 is 23.3 Å². The summed E-state index contributed by atoms with van der Waals surface area (Å²) in [5.74, 6) is 4.24. The Bertz CT molecular complexity index is 1360. The van der Waals surface area contributed by atoms with Crippen molar-refractivity contribution in [2.24, 2.45) is 0 Å². The fraction of sp³-hybridized carbons (Fsp3) is 0.233. The minimum absolute atomic E-state index is 0.0985. The van der Waals surface area contributed by atoms with Crippen LogP contribution in [-0.2, 0) is 16.1 Å². The van der Waals surface area contributed by atoms with E-state index in [-0.39, 0.29) is 23.8 Å². The van der Waals surface area contributed by atoms with E-state index in [9.17, 15) is 23.9 Å². The lowest BCUT2D eigenvalue weighted by Gasteiger charge is -2.19. The molecule has 0 radical (unpaired) electrons. The Hall–Kier alpha value is -4.36. The molecular weight excluding hydrogens is 501 g/mol. The van der Waals surface area contributed by atoms with Gasteiger partial charge in [0.05, 0.1) is 12.6 Å². The number of amides is 2. The largest absolute Gasteiger partial charge is 0.391 e. The van der Waals surface area contributed by atoms with Gasteiger partial charge in [0, 0.05) is 34.5 Å². The molecule has 0 saturated heterocycles. The third kappa shape index (κ3) is 8.86. The summed E-state index contributed by atoms with van der Waals surface area (Å²) in [7, 11) is 1.74. The van der Waals surface area contributed by atoms with Gasteiger partial charge < -0.3 is 20.8 Å². The van der Waals surface area contributed by atoms with Crippen LogP contribution in [-0.4, -0.2) is 65.1 Å². The smallest absolute Gasteiger partial charge is 0.251 e. The predicted molar refractivity (Wildman–Crippen MR) is 145 cm³/mol. The van der Waals surface area contributed by atoms with Gasteiger partial charge in [0.15, 0.2) is 5.78 Å². The molecule has 0 spiro atoms. The van der Waals surface area contributed by atoms with Crippen LogP contribution in [0.2, 0.25) is 0 Å². The third-order valence-corrected chi connectivity index (χ3v) is 5.75. The number of likely N-dealkylation sites (N-methyl/N-ethyl adjacent to an activating group) is 1. The molecule has 0 unspecified atom stereocenters. The summed E-state index contributed by atoms with van der Waals surface area (Å²) in [6.07, 6.45) is -1.15. The lowest BCUT2D eigenvalue weighted by molar-refractivity contribution is -0.126. The summed E-state index contributed by atoms with van der Waals surface area (Å²) in [6.45, 7) is 0.978. The second kappa shape index (κ2) is 14.0. The number of aliphatic hydroxyl groups is 2. The van der Waals surface area contributed by atoms with E-state index in [1.807, 2.05) is 0 Å². The Balaban J connectivity index is 1.53. The molecule has 0 aliphatic heterocycles. The van der Waals surface area contributed by atoms with Crippen LogP contribution in [0.25, 0.3) is 0 Å². The lowest BCUT2D eigenvalue weighted by Crippen LogP contribution is -2.48. The van der Waals surface area contributed by atoms with E-state index < -0.39 is 30.4 Å². The molecule has 0 fully saturated rings. The summed E-state index contributed by atoms with van der Waals surface area (Å²) >= 11 is 0. The molecule has 4 N–H and O–H groups in total. The molecule has 0 aromatic heterocycles. The summed E-state index contributed by atoms with van der Waals surface area (Å²) in [5, 5.41) is 23.9. The van der Waals surface area contributed by atoms with Crippen molar-refractivity contribution in [3.8, 4) is 11.8 Å². The van der Waals surface area contributed by atoms with Crippen molar-refractivity contribution < 1.29 is 29.0 Å². The van der Waals surface area contributed by atoms with Crippen molar-refractivity contribution in [1.82, 2.24) is 10.2 Å². The highest BCUT2D eigenvalue weighted by molar-refractivity contribution is 5.98. The Kier molecular flexibility index (Phi) is 10.5. The fourth-order valence-electron chi connectivity index (χ4n) is 3.70. The van der Waals surface area contributed by atoms with Crippen LogP contribution in [0.1, 0.15) is 34.0 Å². The number of carbonyl (C=O) groups excluding carboxylic acids is 3. The molecule has 3 aromatic rings. The number of aliphatic hydroxyl groups excluding tert-OH is 2. The van der Waals surface area contributed by atoms with Crippen LogP contribution in [0.5, 0.6) is 0 Å². The molecule has 202 valence electrons. The van der Waals surface area contributed by atoms with Gasteiger partial charge in [-0.05, 0) is 68.6 Å². The third-order valence-electron chi connectivity index (χ3n) is 5.75. The summed E-state index contributed by atoms with van der Waals surface area (Å²) < 4.78 is 13.8. The van der Waals surface area contributed by atoms with E-state index in [1.54, 1.807) is 78.7 Å². The first kappa shape index (κ1) is 29.2. The zero-order valence-corrected chi connectivity index (χ0v) is 21.6. The topological polar surface area (TPSA) is 119 Å². The number of rotatable bonds is 10. The van der Waals surface area contributed by atoms with Gasteiger partial charge in [0.1, 0.15) is 18.5 Å². The van der Waals surface area contributed by atoms with Gasteiger partial charge in [-0.1, -0.05) is 30.0 Å². The van der Waals surface area contributed by atoms with Crippen molar-refractivity contribution in [1.29, 1.82) is 0 Å². The van der Waals surface area contributed by atoms with Gasteiger partial charge in [0.2, 0.25) is 5.91 Å². The van der Waals surface area contributed by atoms with Gasteiger partial charge in [-0.2, -0.15) is 0 Å². The number of Topliss-reactive ketones (excluding diaryl/α,β-unsaturated/α-hetero) is 1. The molecule has 0 aliphatic carbocycles. The summed E-state index contributed by atoms with van der Waals surface area (Å²) in [6, 6.07) is 18.7. The Morgan fingerprint density at radius 2 is 1.54 bits per heavy atom. The normalized spacial score (nSPS) is 12.2. The summed E-state index contributed by atoms with van der Waals surface area (Å²) in [4.78, 5) is 38.2. The number of ketones is 1. The zero-order chi connectivity index (χ0) is 28.4. The second-order valence-corrected chi connectivity index (χ2v) is 9.03. The van der Waals surface area contributed by atoms with Gasteiger partial charge in [-0.3, -0.25) is 19.3 Å². The van der Waals surface area contributed by atoms with Gasteiger partial charge >= 0.3 is 0 Å². The van der Waals surface area contributed by atoms with E-state index in [0.29, 0.717) is 28.9 Å². The number of hydrogen-bond acceptors (Lipinski definition) is 6. The van der Waals surface area contributed by atoms with E-state index in [2.05, 4.69) is 22.5 Å². The minimum Gasteiger partial charge on any atom is -0.391 e. The Labute approximate surface area is 226 Å². The molecule has 0 bridgehead atoms. The van der Waals surface area contributed by atoms with Crippen LogP contribution in [0.3, 0.4) is 0 Å². The molecule has 0 heterocycles. The number of nitrogens with zero attached hydrogens (tertiary/aromatic N) is 1. The van der Waals surface area contributed by atoms with E-state index in [0.717, 1.165) is 0 Å². The van der Waals surface area contributed by atoms with Crippen LogP contribution < -0.4 is 10.6 Å². The van der Waals surface area contributed by atoms with Crippen LogP contribution in [0, 0.1) is 17.7 Å². The number of anilines is 1. The Morgan fingerprint density at radius 1 is 0.949 bits per heavy atom. The van der Waals surface area contributed by atoms with E-state index in [4.69, 9.17) is 5.11 Å². The monoisotopic (exact) mass is 531 g/mol. The quantitative estimate of drug-likeness (QED) is 0.298. The number of benzene rings is 3. The average Bonchev–Trinajstić information content (AvgIpc) is 2.92. The molecule has 39 heavy (non-hydrogen) atoms. The number of halogens is 1. The van der Waals surface area contributed by atoms with Crippen LogP contribution in [0.15, 0.2) is 72.8 Å². The molecule has 8 nitrogen and oxygen atoms in total. The van der Waals surface area contributed by atoms with Crippen molar-refractivity contribution in [3.05, 3.63) is 101 Å². The lowest BCUT2D eigenvalue weighted by atomic mass is 10.1. The van der Waals surface area contributed by atoms with Gasteiger partial charge in [-0.15, -0.1) is 0 Å². The molecular formula is C30H30FN3O5. The van der Waals surface area contributed by atoms with E-state index in [1.165, 1.54) is 13.0 Å². The highest BCUT2D eigenvalue weighted by Gasteiger charge is 2.25. The predicted octanol–water partition coefficient (Wildman–Crippen LogP) is 2.34. The van der Waals surface area contributed by atoms with E-state index >= 15 is 0 Å². The van der Waals surface area contributed by atoms with Crippen LogP contribution in [0.4, 0.5) is 10.1 Å². The number of carbonyl (C=O) groups is 3. The standard InChI is InChI=1S/C30H30FN3O5/c1-20(36)29(27(37)19-35)33-30(39)23-13-9-21(10-14-23)7-8-22-11-15-25(16-12-22)32-28(38)18-34(2)17-24-5-3-4-6-26(24)31/h3-6,9-16,20,29,35-36H,17-19H2,1-2H3,(H,32,38)(H,33,39)/t20-,29+/m1/s1. The molecule has 9 heteroatoms. The minimum atomic E-state index is -1.20. The van der Waals surface area contributed by atoms with Crippen molar-refractivity contribution in [2.75, 3.05) is 25.5 Å². The first-order chi connectivity index (χ1) is 18.7. The number of nitrogens with one attached hydrogen (secondary N) is 2. The fourth-order valence-corrected chi connectivity index (χ4v) is 3.70. The highest BCUT2D eigenvalue weighted by atomic mass is 19.1. The molecule has 0 saturated carbocycles. The highest BCUT2D eigenvalue weighted by Crippen LogP contribution is 2.12. The maximum atomic E-state index is 13.8. The molecule has 3 aromatic carbocycles. The summed E-state index contributed by atoms with van der Waals surface area (Å²) in [5.41, 5.74) is 2.77. The molecule has 0 aliphatic rings.